The van der Waals surface area contributed by atoms with Crippen LogP contribution in [0.1, 0.15) is 30.6 Å². The molecule has 3 nitrogen and oxygen atoms in total. The molecule has 106 valence electrons. The standard InChI is InChI=1S/C17H21NO2/c1-13(18)11-17(14-7-3-2-4-8-14)20-16-10-6-5-9-15(16)12-19/h2-10,13,17,19H,11-12,18H2,1H3. The van der Waals surface area contributed by atoms with Gasteiger partial charge in [0.25, 0.3) is 0 Å². The number of para-hydroxylation sites is 1. The summed E-state index contributed by atoms with van der Waals surface area (Å²) in [6.45, 7) is 1.94. The fraction of sp³-hybridized carbons (Fsp3) is 0.294. The molecule has 2 unspecified atom stereocenters. The molecular weight excluding hydrogens is 250 g/mol. The smallest absolute Gasteiger partial charge is 0.125 e. The predicted molar refractivity (Wildman–Crippen MR) is 80.4 cm³/mol. The van der Waals surface area contributed by atoms with E-state index in [9.17, 15) is 5.11 Å². The predicted octanol–water partition coefficient (Wildman–Crippen LogP) is 3.04. The van der Waals surface area contributed by atoms with E-state index in [4.69, 9.17) is 10.5 Å². The van der Waals surface area contributed by atoms with Gasteiger partial charge >= 0.3 is 0 Å². The lowest BCUT2D eigenvalue weighted by Gasteiger charge is -2.22. The first-order chi connectivity index (χ1) is 9.70. The SMILES string of the molecule is CC(N)CC(Oc1ccccc1CO)c1ccccc1. The fourth-order valence-electron chi connectivity index (χ4n) is 2.16. The molecule has 0 heterocycles. The van der Waals surface area contributed by atoms with E-state index in [1.165, 1.54) is 0 Å². The van der Waals surface area contributed by atoms with Crippen LogP contribution in [0.3, 0.4) is 0 Å². The first-order valence-electron chi connectivity index (χ1n) is 6.86. The van der Waals surface area contributed by atoms with Gasteiger partial charge in [-0.05, 0) is 18.6 Å². The van der Waals surface area contributed by atoms with E-state index in [-0.39, 0.29) is 18.8 Å². The van der Waals surface area contributed by atoms with Crippen LogP contribution in [0.5, 0.6) is 5.75 Å². The molecule has 0 saturated carbocycles. The third-order valence-electron chi connectivity index (χ3n) is 3.17. The Balaban J connectivity index is 2.24. The van der Waals surface area contributed by atoms with Crippen molar-refractivity contribution in [2.45, 2.75) is 32.1 Å². The Morgan fingerprint density at radius 3 is 2.35 bits per heavy atom. The Bertz CT molecular complexity index is 526. The average Bonchev–Trinajstić information content (AvgIpc) is 2.47. The molecule has 0 fully saturated rings. The van der Waals surface area contributed by atoms with Crippen molar-refractivity contribution in [1.82, 2.24) is 0 Å². The molecule has 0 aromatic heterocycles. The highest BCUT2D eigenvalue weighted by atomic mass is 16.5. The summed E-state index contributed by atoms with van der Waals surface area (Å²) in [4.78, 5) is 0. The number of nitrogens with two attached hydrogens (primary N) is 1. The van der Waals surface area contributed by atoms with Gasteiger partial charge in [0.1, 0.15) is 11.9 Å². The highest BCUT2D eigenvalue weighted by Gasteiger charge is 2.16. The summed E-state index contributed by atoms with van der Waals surface area (Å²) in [5.41, 5.74) is 7.81. The highest BCUT2D eigenvalue weighted by molar-refractivity contribution is 5.33. The van der Waals surface area contributed by atoms with Gasteiger partial charge in [0, 0.05) is 18.0 Å². The zero-order valence-electron chi connectivity index (χ0n) is 11.7. The third-order valence-corrected chi connectivity index (χ3v) is 3.17. The zero-order valence-corrected chi connectivity index (χ0v) is 11.7. The van der Waals surface area contributed by atoms with Crippen LogP contribution in [-0.2, 0) is 6.61 Å². The number of aliphatic hydroxyl groups excluding tert-OH is 1. The normalized spacial score (nSPS) is 13.8. The third kappa shape index (κ3) is 3.83. The van der Waals surface area contributed by atoms with Crippen LogP contribution in [-0.4, -0.2) is 11.1 Å². The molecule has 0 bridgehead atoms. The summed E-state index contributed by atoms with van der Waals surface area (Å²) in [5.74, 6) is 0.713. The van der Waals surface area contributed by atoms with Crippen LogP contribution in [0.4, 0.5) is 0 Å². The first-order valence-corrected chi connectivity index (χ1v) is 6.86. The second-order valence-corrected chi connectivity index (χ2v) is 5.00. The topological polar surface area (TPSA) is 55.5 Å². The minimum Gasteiger partial charge on any atom is -0.485 e. The fourth-order valence-corrected chi connectivity index (χ4v) is 2.16. The van der Waals surface area contributed by atoms with Crippen molar-refractivity contribution < 1.29 is 9.84 Å². The van der Waals surface area contributed by atoms with Gasteiger partial charge in [-0.15, -0.1) is 0 Å². The first kappa shape index (κ1) is 14.6. The molecule has 0 aliphatic heterocycles. The van der Waals surface area contributed by atoms with Gasteiger partial charge in [-0.2, -0.15) is 0 Å². The van der Waals surface area contributed by atoms with Crippen LogP contribution in [0, 0.1) is 0 Å². The molecule has 3 N–H and O–H groups in total. The monoisotopic (exact) mass is 271 g/mol. The minimum atomic E-state index is -0.108. The lowest BCUT2D eigenvalue weighted by Crippen LogP contribution is -2.22. The Morgan fingerprint density at radius 2 is 1.70 bits per heavy atom. The Morgan fingerprint density at radius 1 is 1.05 bits per heavy atom. The van der Waals surface area contributed by atoms with Gasteiger partial charge < -0.3 is 15.6 Å². The summed E-state index contributed by atoms with van der Waals surface area (Å²) < 4.78 is 6.09. The number of hydrogen-bond donors (Lipinski definition) is 2. The zero-order chi connectivity index (χ0) is 14.4. The van der Waals surface area contributed by atoms with Gasteiger partial charge in [0.15, 0.2) is 0 Å². The summed E-state index contributed by atoms with van der Waals surface area (Å²) in [6.07, 6.45) is 0.618. The molecule has 0 aliphatic carbocycles. The highest BCUT2D eigenvalue weighted by Crippen LogP contribution is 2.28. The van der Waals surface area contributed by atoms with Crippen molar-refractivity contribution in [3.05, 3.63) is 65.7 Å². The second kappa shape index (κ2) is 7.08. The quantitative estimate of drug-likeness (QED) is 0.849. The number of benzene rings is 2. The van der Waals surface area contributed by atoms with Crippen molar-refractivity contribution in [1.29, 1.82) is 0 Å². The maximum atomic E-state index is 9.38. The molecule has 0 radical (unpaired) electrons. The maximum Gasteiger partial charge on any atom is 0.125 e. The van der Waals surface area contributed by atoms with E-state index in [2.05, 4.69) is 0 Å². The largest absolute Gasteiger partial charge is 0.485 e. The molecule has 2 aromatic carbocycles. The van der Waals surface area contributed by atoms with Crippen LogP contribution < -0.4 is 10.5 Å². The van der Waals surface area contributed by atoms with Crippen molar-refractivity contribution in [2.75, 3.05) is 0 Å². The number of aliphatic hydroxyl groups is 1. The van der Waals surface area contributed by atoms with E-state index in [1.54, 1.807) is 0 Å². The molecule has 3 heteroatoms. The van der Waals surface area contributed by atoms with Crippen molar-refractivity contribution in [3.63, 3.8) is 0 Å². The molecule has 0 aliphatic rings. The Hall–Kier alpha value is -1.84. The van der Waals surface area contributed by atoms with Crippen molar-refractivity contribution >= 4 is 0 Å². The van der Waals surface area contributed by atoms with E-state index in [0.717, 1.165) is 17.5 Å². The molecular formula is C17H21NO2. The summed E-state index contributed by atoms with van der Waals surface area (Å²) in [7, 11) is 0. The van der Waals surface area contributed by atoms with Gasteiger partial charge in [0.05, 0.1) is 6.61 Å². The van der Waals surface area contributed by atoms with Gasteiger partial charge in [0.2, 0.25) is 0 Å². The van der Waals surface area contributed by atoms with Crippen molar-refractivity contribution in [3.8, 4) is 5.75 Å². The average molecular weight is 271 g/mol. The molecule has 20 heavy (non-hydrogen) atoms. The van der Waals surface area contributed by atoms with Crippen LogP contribution >= 0.6 is 0 Å². The second-order valence-electron chi connectivity index (χ2n) is 5.00. The molecule has 0 amide bonds. The van der Waals surface area contributed by atoms with E-state index < -0.39 is 0 Å². The summed E-state index contributed by atoms with van der Waals surface area (Å²) in [5, 5.41) is 9.38. The van der Waals surface area contributed by atoms with E-state index in [1.807, 2.05) is 61.5 Å². The molecule has 2 atom stereocenters. The van der Waals surface area contributed by atoms with Crippen molar-refractivity contribution in [2.24, 2.45) is 5.73 Å². The Labute approximate surface area is 120 Å². The van der Waals surface area contributed by atoms with Crippen LogP contribution in [0.15, 0.2) is 54.6 Å². The van der Waals surface area contributed by atoms with Gasteiger partial charge in [-0.3, -0.25) is 0 Å². The number of rotatable bonds is 6. The lowest BCUT2D eigenvalue weighted by molar-refractivity contribution is 0.179. The van der Waals surface area contributed by atoms with Gasteiger partial charge in [-0.1, -0.05) is 48.5 Å². The van der Waals surface area contributed by atoms with Crippen LogP contribution in [0.25, 0.3) is 0 Å². The molecule has 0 spiro atoms. The maximum absolute atomic E-state index is 9.38. The number of hydrogen-bond acceptors (Lipinski definition) is 3. The summed E-state index contributed by atoms with van der Waals surface area (Å²) >= 11 is 0. The van der Waals surface area contributed by atoms with E-state index >= 15 is 0 Å². The van der Waals surface area contributed by atoms with Gasteiger partial charge in [-0.25, -0.2) is 0 Å². The molecule has 2 aromatic rings. The molecule has 0 saturated heterocycles. The minimum absolute atomic E-state index is 0.0319. The summed E-state index contributed by atoms with van der Waals surface area (Å²) in [6, 6.07) is 17.6. The molecule has 2 rings (SSSR count). The lowest BCUT2D eigenvalue weighted by atomic mass is 10.0. The van der Waals surface area contributed by atoms with Crippen LogP contribution in [0.2, 0.25) is 0 Å². The van der Waals surface area contributed by atoms with E-state index in [0.29, 0.717) is 5.75 Å². The number of ether oxygens (including phenoxy) is 1. The Kier molecular flexibility index (Phi) is 5.16.